The van der Waals surface area contributed by atoms with Gasteiger partial charge < -0.3 is 16.2 Å². The normalized spacial score (nSPS) is 16.3. The van der Waals surface area contributed by atoms with Gasteiger partial charge in [-0.1, -0.05) is 33.6 Å². The highest BCUT2D eigenvalue weighted by Crippen LogP contribution is 2.26. The summed E-state index contributed by atoms with van der Waals surface area (Å²) in [4.78, 5) is 0. The summed E-state index contributed by atoms with van der Waals surface area (Å²) < 4.78 is 0.946. The van der Waals surface area contributed by atoms with Gasteiger partial charge in [-0.05, 0) is 38.0 Å². The highest BCUT2D eigenvalue weighted by atomic mass is 79.9. The van der Waals surface area contributed by atoms with Crippen molar-refractivity contribution in [2.24, 2.45) is 5.73 Å². The van der Waals surface area contributed by atoms with Crippen LogP contribution in [0.1, 0.15) is 31.9 Å². The second-order valence-corrected chi connectivity index (χ2v) is 5.90. The molecule has 102 valence electrons. The molecule has 0 aliphatic carbocycles. The lowest BCUT2D eigenvalue weighted by molar-refractivity contribution is 0.168. The molecule has 0 saturated carbocycles. The zero-order chi connectivity index (χ0) is 13.7. The third kappa shape index (κ3) is 4.86. The van der Waals surface area contributed by atoms with Gasteiger partial charge in [0.05, 0.1) is 6.10 Å². The maximum absolute atomic E-state index is 9.37. The summed E-state index contributed by atoms with van der Waals surface area (Å²) in [6.07, 6.45) is 0.376. The highest BCUT2D eigenvalue weighted by Gasteiger charge is 2.16. The lowest BCUT2D eigenvalue weighted by Crippen LogP contribution is -2.36. The van der Waals surface area contributed by atoms with E-state index in [1.165, 1.54) is 0 Å². The average molecular weight is 336 g/mol. The molecule has 18 heavy (non-hydrogen) atoms. The molecule has 3 nitrogen and oxygen atoms in total. The number of rotatable bonds is 6. The van der Waals surface area contributed by atoms with E-state index in [0.29, 0.717) is 18.0 Å². The SMILES string of the molecule is CC(O)CC(C)NC(CN)c1ccc(Cl)cc1Br. The van der Waals surface area contributed by atoms with E-state index in [4.69, 9.17) is 17.3 Å². The van der Waals surface area contributed by atoms with Gasteiger partial charge in [0.2, 0.25) is 0 Å². The maximum Gasteiger partial charge on any atom is 0.0526 e. The van der Waals surface area contributed by atoms with Gasteiger partial charge in [-0.3, -0.25) is 0 Å². The van der Waals surface area contributed by atoms with Gasteiger partial charge in [-0.25, -0.2) is 0 Å². The molecule has 0 fully saturated rings. The molecule has 0 bridgehead atoms. The van der Waals surface area contributed by atoms with Crippen LogP contribution in [0.3, 0.4) is 0 Å². The topological polar surface area (TPSA) is 58.3 Å². The van der Waals surface area contributed by atoms with Gasteiger partial charge in [0.15, 0.2) is 0 Å². The van der Waals surface area contributed by atoms with E-state index in [1.54, 1.807) is 6.92 Å². The van der Waals surface area contributed by atoms with Crippen molar-refractivity contribution in [3.05, 3.63) is 33.3 Å². The van der Waals surface area contributed by atoms with Crippen LogP contribution in [-0.4, -0.2) is 23.8 Å². The van der Waals surface area contributed by atoms with E-state index in [2.05, 4.69) is 21.2 Å². The molecule has 4 N–H and O–H groups in total. The summed E-state index contributed by atoms with van der Waals surface area (Å²) in [5.41, 5.74) is 6.89. The summed E-state index contributed by atoms with van der Waals surface area (Å²) in [6.45, 7) is 4.32. The maximum atomic E-state index is 9.37. The van der Waals surface area contributed by atoms with Crippen molar-refractivity contribution in [3.63, 3.8) is 0 Å². The van der Waals surface area contributed by atoms with E-state index in [9.17, 15) is 5.11 Å². The Morgan fingerprint density at radius 1 is 1.44 bits per heavy atom. The van der Waals surface area contributed by atoms with Crippen LogP contribution in [0.15, 0.2) is 22.7 Å². The Labute approximate surface area is 122 Å². The van der Waals surface area contributed by atoms with Crippen LogP contribution < -0.4 is 11.1 Å². The molecule has 1 rings (SSSR count). The van der Waals surface area contributed by atoms with E-state index in [-0.39, 0.29) is 18.2 Å². The third-order valence-electron chi connectivity index (χ3n) is 2.75. The largest absolute Gasteiger partial charge is 0.393 e. The van der Waals surface area contributed by atoms with Crippen molar-refractivity contribution in [1.82, 2.24) is 5.32 Å². The number of halogens is 2. The van der Waals surface area contributed by atoms with Crippen molar-refractivity contribution in [2.45, 2.75) is 38.5 Å². The molecular formula is C13H20BrClN2O. The Hall–Kier alpha value is -0.130. The molecule has 1 aromatic rings. The van der Waals surface area contributed by atoms with Crippen molar-refractivity contribution in [3.8, 4) is 0 Å². The zero-order valence-electron chi connectivity index (χ0n) is 10.7. The quantitative estimate of drug-likeness (QED) is 0.749. The summed E-state index contributed by atoms with van der Waals surface area (Å²) in [7, 11) is 0. The van der Waals surface area contributed by atoms with Crippen molar-refractivity contribution in [2.75, 3.05) is 6.54 Å². The van der Waals surface area contributed by atoms with Gasteiger partial charge in [-0.2, -0.15) is 0 Å². The Morgan fingerprint density at radius 2 is 2.11 bits per heavy atom. The van der Waals surface area contributed by atoms with Crippen LogP contribution in [0.4, 0.5) is 0 Å². The molecule has 3 atom stereocenters. The van der Waals surface area contributed by atoms with Crippen molar-refractivity contribution in [1.29, 1.82) is 0 Å². The van der Waals surface area contributed by atoms with E-state index in [0.717, 1.165) is 10.0 Å². The Morgan fingerprint density at radius 3 is 2.61 bits per heavy atom. The predicted octanol–water partition coefficient (Wildman–Crippen LogP) is 2.85. The summed E-state index contributed by atoms with van der Waals surface area (Å²) >= 11 is 9.42. The van der Waals surface area contributed by atoms with Crippen molar-refractivity contribution < 1.29 is 5.11 Å². The first-order valence-electron chi connectivity index (χ1n) is 6.03. The Bertz CT molecular complexity index is 387. The van der Waals surface area contributed by atoms with Gasteiger partial charge in [0.25, 0.3) is 0 Å². The number of benzene rings is 1. The number of hydrogen-bond acceptors (Lipinski definition) is 3. The fourth-order valence-electron chi connectivity index (χ4n) is 1.99. The monoisotopic (exact) mass is 334 g/mol. The Kier molecular flexibility index (Phi) is 6.60. The number of aliphatic hydroxyl groups is 1. The van der Waals surface area contributed by atoms with E-state index >= 15 is 0 Å². The number of nitrogens with two attached hydrogens (primary N) is 1. The molecule has 0 radical (unpaired) electrons. The molecule has 5 heteroatoms. The predicted molar refractivity (Wildman–Crippen MR) is 79.8 cm³/mol. The van der Waals surface area contributed by atoms with Crippen molar-refractivity contribution >= 4 is 27.5 Å². The minimum atomic E-state index is -0.320. The molecule has 0 amide bonds. The minimum Gasteiger partial charge on any atom is -0.393 e. The third-order valence-corrected chi connectivity index (χ3v) is 3.68. The molecule has 0 spiro atoms. The molecule has 0 heterocycles. The van der Waals surface area contributed by atoms with Gasteiger partial charge >= 0.3 is 0 Å². The molecule has 3 unspecified atom stereocenters. The van der Waals surface area contributed by atoms with E-state index in [1.807, 2.05) is 25.1 Å². The number of hydrogen-bond donors (Lipinski definition) is 3. The highest BCUT2D eigenvalue weighted by molar-refractivity contribution is 9.10. The van der Waals surface area contributed by atoms with Crippen LogP contribution >= 0.6 is 27.5 Å². The molecular weight excluding hydrogens is 316 g/mol. The number of nitrogens with one attached hydrogen (secondary N) is 1. The van der Waals surface area contributed by atoms with Crippen LogP contribution in [0.25, 0.3) is 0 Å². The fourth-order valence-corrected chi connectivity index (χ4v) is 2.95. The zero-order valence-corrected chi connectivity index (χ0v) is 13.0. The average Bonchev–Trinajstić information content (AvgIpc) is 2.25. The first kappa shape index (κ1) is 15.9. The molecule has 0 saturated heterocycles. The lowest BCUT2D eigenvalue weighted by atomic mass is 10.0. The fraction of sp³-hybridized carbons (Fsp3) is 0.538. The number of aliphatic hydroxyl groups excluding tert-OH is 1. The molecule has 1 aromatic carbocycles. The van der Waals surface area contributed by atoms with Gasteiger partial charge in [0, 0.05) is 28.1 Å². The van der Waals surface area contributed by atoms with Crippen LogP contribution in [0, 0.1) is 0 Å². The summed E-state index contributed by atoms with van der Waals surface area (Å²) in [5.74, 6) is 0. The second-order valence-electron chi connectivity index (χ2n) is 4.61. The van der Waals surface area contributed by atoms with Crippen LogP contribution in [0.2, 0.25) is 5.02 Å². The van der Waals surface area contributed by atoms with Gasteiger partial charge in [0.1, 0.15) is 0 Å². The van der Waals surface area contributed by atoms with Crippen LogP contribution in [-0.2, 0) is 0 Å². The summed E-state index contributed by atoms with van der Waals surface area (Å²) in [5, 5.41) is 13.5. The van der Waals surface area contributed by atoms with Crippen LogP contribution in [0.5, 0.6) is 0 Å². The first-order chi connectivity index (χ1) is 8.43. The molecule has 0 aliphatic rings. The molecule has 0 aromatic heterocycles. The lowest BCUT2D eigenvalue weighted by Gasteiger charge is -2.24. The molecule has 0 aliphatic heterocycles. The van der Waals surface area contributed by atoms with Gasteiger partial charge in [-0.15, -0.1) is 0 Å². The second kappa shape index (κ2) is 7.46. The minimum absolute atomic E-state index is 0.0467. The first-order valence-corrected chi connectivity index (χ1v) is 7.20. The van der Waals surface area contributed by atoms with E-state index < -0.39 is 0 Å². The smallest absolute Gasteiger partial charge is 0.0526 e. The summed E-state index contributed by atoms with van der Waals surface area (Å²) in [6, 6.07) is 5.92. The standard InChI is InChI=1S/C13H20BrClN2O/c1-8(5-9(2)18)17-13(7-16)11-4-3-10(15)6-12(11)14/h3-4,6,8-9,13,17-18H,5,7,16H2,1-2H3. The Balaban J connectivity index is 2.76.